The van der Waals surface area contributed by atoms with E-state index in [-0.39, 0.29) is 153 Å². The first-order valence-electron chi connectivity index (χ1n) is 3.26. The Balaban J connectivity index is -0.0000000343. The summed E-state index contributed by atoms with van der Waals surface area (Å²) in [6.45, 7) is 3.46. The van der Waals surface area contributed by atoms with Gasteiger partial charge in [0.15, 0.2) is 0 Å². The van der Waals surface area contributed by atoms with E-state index in [1.54, 1.807) is 6.92 Å². The largest absolute Gasteiger partial charge is 0 e. The van der Waals surface area contributed by atoms with E-state index in [4.69, 9.17) is 0 Å². The number of carbonyl (C=O) groups is 1. The molecule has 20 heavy (non-hydrogen) atoms. The molecule has 13 heteroatoms. The molecule has 0 saturated heterocycles. The smallest absolute Gasteiger partial charge is 0 e. The predicted molar refractivity (Wildman–Crippen MR) is 41.8 cm³/mol. The number of nitrogens with zero attached hydrogens (tertiary/aromatic N) is 2. The summed E-state index contributed by atoms with van der Waals surface area (Å²) in [5.41, 5.74) is -0.146. The Labute approximate surface area is 241 Å². The van der Waals surface area contributed by atoms with E-state index in [1.165, 1.54) is 19.4 Å². The van der Waals surface area contributed by atoms with E-state index < -0.39 is 11.6 Å². The van der Waals surface area contributed by atoms with Gasteiger partial charge in [-0.1, -0.05) is 0 Å². The summed E-state index contributed by atoms with van der Waals surface area (Å²) < 4.78 is 4.23. The molecule has 112 valence electrons. The number of aliphatic hydroxyl groups excluding tert-OH is 1. The van der Waals surface area contributed by atoms with Gasteiger partial charge in [-0.15, -0.1) is 0 Å². The molecule has 0 aliphatic carbocycles. The van der Waals surface area contributed by atoms with Gasteiger partial charge in [0, 0.05) is 147 Å². The fourth-order valence-electron chi connectivity index (χ4n) is 0.489. The van der Waals surface area contributed by atoms with Gasteiger partial charge >= 0.3 is 98.5 Å². The van der Waals surface area contributed by atoms with Crippen LogP contribution in [-0.2, 0) is 191 Å². The third-order valence-corrected chi connectivity index (χ3v) is 3.09. The predicted octanol–water partition coefficient (Wildman–Crippen LogP) is 0.807. The second-order valence-electron chi connectivity index (χ2n) is 2.27. The molecule has 4 nitrogen and oxygen atoms in total. The zero-order chi connectivity index (χ0) is 10.6. The van der Waals surface area contributed by atoms with Crippen molar-refractivity contribution in [1.29, 1.82) is 0 Å². The van der Waals surface area contributed by atoms with E-state index >= 15 is 0 Å². The monoisotopic (exact) mass is 1810 g/mol. The maximum atomic E-state index is 10.9. The first kappa shape index (κ1) is 49.8. The minimum Gasteiger partial charge on any atom is 0 e. The van der Waals surface area contributed by atoms with Gasteiger partial charge in [-0.25, -0.2) is 0 Å². The van der Waals surface area contributed by atoms with Gasteiger partial charge in [0.05, 0.1) is 0 Å². The number of amides is 1. The van der Waals surface area contributed by atoms with Gasteiger partial charge in [-0.05, 0) is 0 Å². The van der Waals surface area contributed by atoms with Crippen molar-refractivity contribution < 1.29 is 196 Å². The molecule has 0 aliphatic heterocycles. The normalized spacial score (nSPS) is 7.50. The number of carbonyl (C=O) groups excluding carboxylic acids is 1. The van der Waals surface area contributed by atoms with Crippen molar-refractivity contribution in [3.8, 4) is 0 Å². The van der Waals surface area contributed by atoms with Gasteiger partial charge in [-0.3, -0.25) is 0 Å². The molecule has 0 rings (SSSR count). The van der Waals surface area contributed by atoms with E-state index in [0.29, 0.717) is 25.2 Å². The Kier molecular flexibility index (Phi) is 71.0. The van der Waals surface area contributed by atoms with Crippen LogP contribution in [0.2, 0.25) is 0 Å². The van der Waals surface area contributed by atoms with E-state index in [0.717, 1.165) is 3.90 Å². The van der Waals surface area contributed by atoms with Crippen LogP contribution < -0.4 is 0 Å². The van der Waals surface area contributed by atoms with Crippen molar-refractivity contribution in [2.75, 3.05) is 0 Å². The minimum atomic E-state index is -0.775. The quantitative estimate of drug-likeness (QED) is 0.337. The topological polar surface area (TPSA) is 72.0 Å². The Bertz CT molecular complexity index is 332. The van der Waals surface area contributed by atoms with Crippen molar-refractivity contribution in [2.24, 2.45) is 3.50 Å². The number of allylic oxidation sites excluding steroid dienone is 1. The molecule has 0 bridgehead atoms. The molecule has 0 spiro atoms. The summed E-state index contributed by atoms with van der Waals surface area (Å²) >= 11 is 1.87. The summed E-state index contributed by atoms with van der Waals surface area (Å²) in [4.78, 5) is 10.9. The Morgan fingerprint density at radius 2 is 1.30 bits per heavy atom. The van der Waals surface area contributed by atoms with Crippen LogP contribution in [0.3, 0.4) is 0 Å². The van der Waals surface area contributed by atoms with Crippen molar-refractivity contribution in [3.63, 3.8) is 0 Å². The van der Waals surface area contributed by atoms with Crippen LogP contribution in [0.25, 0.3) is 5.41 Å². The fourth-order valence-corrected chi connectivity index (χ4v) is 1.15. The molecule has 0 saturated carbocycles. The summed E-state index contributed by atoms with van der Waals surface area (Å²) in [5, 5.41) is 18.6. The zero-order valence-electron chi connectivity index (χ0n) is 9.92. The Morgan fingerprint density at radius 3 is 1.50 bits per heavy atom. The van der Waals surface area contributed by atoms with Gasteiger partial charge < -0.3 is 0 Å². The second kappa shape index (κ2) is 28.5. The Morgan fingerprint density at radius 1 is 1.00 bits per heavy atom. The molecule has 0 unspecified atom stereocenters. The van der Waals surface area contributed by atoms with Crippen molar-refractivity contribution in [1.82, 2.24) is 0 Å². The zero-order valence-corrected chi connectivity index (χ0v) is 36.3. The van der Waals surface area contributed by atoms with Gasteiger partial charge in [0.25, 0.3) is 0 Å². The molecule has 1 amide bonds. The summed E-state index contributed by atoms with van der Waals surface area (Å²) in [5.74, 6) is -1.15. The molecule has 0 fully saturated rings. The van der Waals surface area contributed by atoms with Crippen LogP contribution in [0.15, 0.2) is 14.8 Å². The van der Waals surface area contributed by atoms with Crippen molar-refractivity contribution >= 4 is 15.5 Å². The molecule has 0 aliphatic rings. The average Bonchev–Trinajstić information content (AvgIpc) is 2.12. The maximum absolute atomic E-state index is 10.9. The van der Waals surface area contributed by atoms with Crippen LogP contribution in [0.5, 0.6) is 0 Å². The first-order valence-corrected chi connectivity index (χ1v) is 6.04. The van der Waals surface area contributed by atoms with Crippen LogP contribution >= 0.6 is 0 Å². The van der Waals surface area contributed by atoms with Gasteiger partial charge in [0.1, 0.15) is 0 Å². The third-order valence-electron chi connectivity index (χ3n) is 1.39. The van der Waals surface area contributed by atoms with E-state index in [1.807, 2.05) is 6.92 Å². The molecule has 0 aromatic rings. The molecule has 0 aromatic carbocycles. The second-order valence-corrected chi connectivity index (χ2v) is 5.13. The fraction of sp³-hybridized carbons (Fsp3) is 0.286. The molecule has 0 heterocycles. The molecule has 1 N–H and O–H groups in total. The van der Waals surface area contributed by atoms with Crippen LogP contribution in [0, 0.1) is 0 Å². The molecular formula is C7H7N2O2W9-. The van der Waals surface area contributed by atoms with E-state index in [2.05, 4.69) is 3.50 Å². The summed E-state index contributed by atoms with van der Waals surface area (Å²) in [7, 11) is 0. The minimum absolute atomic E-state index is 0. The van der Waals surface area contributed by atoms with Crippen molar-refractivity contribution in [3.05, 3.63) is 16.7 Å². The molecule has 0 aromatic heterocycles. The number of hydrogen-bond acceptors (Lipinski definition) is 2. The van der Waals surface area contributed by atoms with Crippen LogP contribution in [0.1, 0.15) is 13.8 Å². The van der Waals surface area contributed by atoms with Gasteiger partial charge in [-0.2, -0.15) is 0 Å². The number of aliphatic hydroxyl groups is 1. The Hall–Kier alpha value is 4.74. The maximum Gasteiger partial charge on any atom is 0 e. The number of hydrogen-bond donors (Lipinski definition) is 1. The SMILES string of the molecule is C[C](=[W])C(C)=C(O)C(=[N-])C(=O)[N]=[W].[W].[W].[W].[W].[W].[W].[W]. The summed E-state index contributed by atoms with van der Waals surface area (Å²) in [6, 6.07) is 0. The first-order chi connectivity index (χ1) is 5.91. The molecular weight excluding hydrogens is 1800 g/mol. The van der Waals surface area contributed by atoms with Crippen LogP contribution in [0.4, 0.5) is 0 Å². The number of rotatable bonds is 3. The third kappa shape index (κ3) is 20.8. The van der Waals surface area contributed by atoms with E-state index in [9.17, 15) is 15.3 Å². The standard InChI is InChI=1S/C7H7N2O2.9W/c1-3-4(2)6(10)5(8)7(9)11;;;;;;;;;/h10H,1-2H3;;;;;;;;;/q-1;;;;;;;;;. The molecule has 0 radical (unpaired) electrons. The molecule has 0 atom stereocenters. The summed E-state index contributed by atoms with van der Waals surface area (Å²) in [6.07, 6.45) is 0. The van der Waals surface area contributed by atoms with Crippen molar-refractivity contribution in [2.45, 2.75) is 13.8 Å². The van der Waals surface area contributed by atoms with Gasteiger partial charge in [0.2, 0.25) is 0 Å². The van der Waals surface area contributed by atoms with Crippen LogP contribution in [-0.4, -0.2) is 20.6 Å². The average molecular weight is 1810 g/mol.